The molecule has 13 heavy (non-hydrogen) atoms. The zero-order valence-electron chi connectivity index (χ0n) is 8.44. The Hall–Kier alpha value is -0.120. The molecule has 2 rings (SSSR count). The van der Waals surface area contributed by atoms with Gasteiger partial charge in [0.2, 0.25) is 0 Å². The Morgan fingerprint density at radius 3 is 2.38 bits per heavy atom. The van der Waals surface area contributed by atoms with E-state index in [9.17, 15) is 0 Å². The van der Waals surface area contributed by atoms with Crippen molar-refractivity contribution < 1.29 is 9.84 Å². The molecule has 0 aromatic heterocycles. The maximum Gasteiger partial charge on any atom is 0.0620 e. The minimum atomic E-state index is 0.349. The molecule has 1 saturated carbocycles. The second kappa shape index (κ2) is 3.56. The third-order valence-corrected chi connectivity index (χ3v) is 3.24. The molecule has 4 unspecified atom stereocenters. The fourth-order valence-corrected chi connectivity index (χ4v) is 2.46. The van der Waals surface area contributed by atoms with Gasteiger partial charge in [0.15, 0.2) is 0 Å². The second-order valence-electron chi connectivity index (χ2n) is 4.43. The van der Waals surface area contributed by atoms with E-state index in [0.717, 1.165) is 13.2 Å². The molecule has 1 heterocycles. The summed E-state index contributed by atoms with van der Waals surface area (Å²) in [6, 6.07) is 1.66. The van der Waals surface area contributed by atoms with E-state index in [1.807, 2.05) is 0 Å². The zero-order chi connectivity index (χ0) is 9.42. The lowest BCUT2D eigenvalue weighted by Gasteiger charge is -2.39. The lowest BCUT2D eigenvalue weighted by atomic mass is 10.1. The molecule has 3 heteroatoms. The Balaban J connectivity index is 1.95. The van der Waals surface area contributed by atoms with Crippen molar-refractivity contribution in [3.05, 3.63) is 0 Å². The summed E-state index contributed by atoms with van der Waals surface area (Å²) >= 11 is 0. The number of hydrogen-bond acceptors (Lipinski definition) is 3. The molecule has 0 spiro atoms. The van der Waals surface area contributed by atoms with E-state index in [4.69, 9.17) is 9.84 Å². The van der Waals surface area contributed by atoms with Crippen molar-refractivity contribution in [2.45, 2.75) is 38.4 Å². The molecule has 4 atom stereocenters. The standard InChI is InChI=1S/C10H19NO2/c1-7-5-13-6-8(2)11(7)10-3-9(10)4-12/h7-10,12H,3-6H2,1-2H3. The van der Waals surface area contributed by atoms with Gasteiger partial charge in [-0.2, -0.15) is 0 Å². The fourth-order valence-electron chi connectivity index (χ4n) is 2.46. The molecule has 1 aliphatic heterocycles. The maximum absolute atomic E-state index is 9.02. The van der Waals surface area contributed by atoms with Gasteiger partial charge in [-0.1, -0.05) is 0 Å². The lowest BCUT2D eigenvalue weighted by molar-refractivity contribution is -0.0444. The number of ether oxygens (including phenoxy) is 1. The Kier molecular flexibility index (Phi) is 2.58. The predicted molar refractivity (Wildman–Crippen MR) is 50.6 cm³/mol. The van der Waals surface area contributed by atoms with Gasteiger partial charge in [0, 0.05) is 24.7 Å². The van der Waals surface area contributed by atoms with Gasteiger partial charge in [-0.05, 0) is 26.2 Å². The highest BCUT2D eigenvalue weighted by molar-refractivity contribution is 4.99. The first-order valence-corrected chi connectivity index (χ1v) is 5.20. The average Bonchev–Trinajstić information content (AvgIpc) is 2.83. The molecular formula is C10H19NO2. The number of hydrogen-bond donors (Lipinski definition) is 1. The van der Waals surface area contributed by atoms with Gasteiger partial charge in [-0.3, -0.25) is 4.90 Å². The van der Waals surface area contributed by atoms with E-state index in [1.54, 1.807) is 0 Å². The first kappa shape index (κ1) is 9.44. The highest BCUT2D eigenvalue weighted by Gasteiger charge is 2.45. The van der Waals surface area contributed by atoms with Crippen molar-refractivity contribution in [3.63, 3.8) is 0 Å². The molecule has 2 fully saturated rings. The first-order valence-electron chi connectivity index (χ1n) is 5.20. The van der Waals surface area contributed by atoms with E-state index in [-0.39, 0.29) is 0 Å². The van der Waals surface area contributed by atoms with Crippen LogP contribution in [0.4, 0.5) is 0 Å². The molecule has 0 radical (unpaired) electrons. The topological polar surface area (TPSA) is 32.7 Å². The van der Waals surface area contributed by atoms with Gasteiger partial charge in [0.05, 0.1) is 13.2 Å². The van der Waals surface area contributed by atoms with Gasteiger partial charge in [-0.15, -0.1) is 0 Å². The maximum atomic E-state index is 9.02. The van der Waals surface area contributed by atoms with E-state index >= 15 is 0 Å². The summed E-state index contributed by atoms with van der Waals surface area (Å²) in [5.41, 5.74) is 0. The molecule has 76 valence electrons. The van der Waals surface area contributed by atoms with Crippen LogP contribution in [0.5, 0.6) is 0 Å². The summed E-state index contributed by atoms with van der Waals surface area (Å²) in [6.07, 6.45) is 1.17. The second-order valence-corrected chi connectivity index (χ2v) is 4.43. The van der Waals surface area contributed by atoms with Crippen molar-refractivity contribution in [1.82, 2.24) is 4.90 Å². The molecule has 0 aromatic carbocycles. The highest BCUT2D eigenvalue weighted by atomic mass is 16.5. The van der Waals surface area contributed by atoms with Gasteiger partial charge < -0.3 is 9.84 Å². The largest absolute Gasteiger partial charge is 0.396 e. The SMILES string of the molecule is CC1COCC(C)N1C1CC1CO. The van der Waals surface area contributed by atoms with Crippen LogP contribution in [0.15, 0.2) is 0 Å². The monoisotopic (exact) mass is 185 g/mol. The van der Waals surface area contributed by atoms with E-state index in [0.29, 0.717) is 30.7 Å². The predicted octanol–water partition coefficient (Wildman–Crippen LogP) is 0.476. The van der Waals surface area contributed by atoms with E-state index < -0.39 is 0 Å². The molecule has 0 bridgehead atoms. The van der Waals surface area contributed by atoms with Crippen LogP contribution in [0, 0.1) is 5.92 Å². The first-order chi connectivity index (χ1) is 6.24. The molecule has 2 aliphatic rings. The summed E-state index contributed by atoms with van der Waals surface area (Å²) in [5, 5.41) is 9.02. The van der Waals surface area contributed by atoms with Crippen LogP contribution >= 0.6 is 0 Å². The summed E-state index contributed by atoms with van der Waals surface area (Å²) in [5.74, 6) is 0.531. The number of rotatable bonds is 2. The highest BCUT2D eigenvalue weighted by Crippen LogP contribution is 2.38. The van der Waals surface area contributed by atoms with E-state index in [2.05, 4.69) is 18.7 Å². The van der Waals surface area contributed by atoms with Crippen LogP contribution in [-0.2, 0) is 4.74 Å². The van der Waals surface area contributed by atoms with Crippen LogP contribution in [0.25, 0.3) is 0 Å². The molecular weight excluding hydrogens is 166 g/mol. The smallest absolute Gasteiger partial charge is 0.0620 e. The Labute approximate surface area is 79.7 Å². The summed E-state index contributed by atoms with van der Waals surface area (Å²) < 4.78 is 5.47. The fraction of sp³-hybridized carbons (Fsp3) is 1.00. The molecule has 1 N–H and O–H groups in total. The molecule has 1 aliphatic carbocycles. The molecule has 0 amide bonds. The summed E-state index contributed by atoms with van der Waals surface area (Å²) in [7, 11) is 0. The summed E-state index contributed by atoms with van der Waals surface area (Å²) in [4.78, 5) is 2.52. The zero-order valence-corrected chi connectivity index (χ0v) is 8.44. The van der Waals surface area contributed by atoms with Crippen LogP contribution in [0.2, 0.25) is 0 Å². The normalized spacial score (nSPS) is 46.4. The quantitative estimate of drug-likeness (QED) is 0.679. The van der Waals surface area contributed by atoms with Gasteiger partial charge in [-0.25, -0.2) is 0 Å². The molecule has 0 aromatic rings. The average molecular weight is 185 g/mol. The van der Waals surface area contributed by atoms with Crippen molar-refractivity contribution >= 4 is 0 Å². The van der Waals surface area contributed by atoms with Crippen LogP contribution in [0.1, 0.15) is 20.3 Å². The van der Waals surface area contributed by atoms with Crippen molar-refractivity contribution in [3.8, 4) is 0 Å². The Bertz CT molecular complexity index is 176. The van der Waals surface area contributed by atoms with Crippen molar-refractivity contribution in [2.75, 3.05) is 19.8 Å². The Morgan fingerprint density at radius 1 is 1.31 bits per heavy atom. The van der Waals surface area contributed by atoms with Gasteiger partial charge >= 0.3 is 0 Å². The van der Waals surface area contributed by atoms with Crippen molar-refractivity contribution in [2.24, 2.45) is 5.92 Å². The van der Waals surface area contributed by atoms with E-state index in [1.165, 1.54) is 6.42 Å². The van der Waals surface area contributed by atoms with Crippen LogP contribution in [-0.4, -0.2) is 48.0 Å². The molecule has 3 nitrogen and oxygen atoms in total. The minimum absolute atomic E-state index is 0.349. The third-order valence-electron chi connectivity index (χ3n) is 3.24. The third kappa shape index (κ3) is 1.73. The van der Waals surface area contributed by atoms with Crippen molar-refractivity contribution in [1.29, 1.82) is 0 Å². The minimum Gasteiger partial charge on any atom is -0.396 e. The summed E-state index contributed by atoms with van der Waals surface area (Å²) in [6.45, 7) is 6.46. The number of nitrogens with zero attached hydrogens (tertiary/aromatic N) is 1. The molecule has 1 saturated heterocycles. The number of aliphatic hydroxyl groups excluding tert-OH is 1. The number of morpholine rings is 1. The van der Waals surface area contributed by atoms with Gasteiger partial charge in [0.25, 0.3) is 0 Å². The number of aliphatic hydroxyl groups is 1. The van der Waals surface area contributed by atoms with Crippen LogP contribution in [0.3, 0.4) is 0 Å². The lowest BCUT2D eigenvalue weighted by Crippen LogP contribution is -2.51. The van der Waals surface area contributed by atoms with Crippen LogP contribution < -0.4 is 0 Å². The van der Waals surface area contributed by atoms with Gasteiger partial charge in [0.1, 0.15) is 0 Å². The Morgan fingerprint density at radius 2 is 1.92 bits per heavy atom.